The van der Waals surface area contributed by atoms with Gasteiger partial charge in [-0.15, -0.1) is 0 Å². The van der Waals surface area contributed by atoms with Crippen molar-refractivity contribution in [3.8, 4) is 0 Å². The van der Waals surface area contributed by atoms with Crippen LogP contribution in [0.1, 0.15) is 44.5 Å². The van der Waals surface area contributed by atoms with E-state index < -0.39 is 0 Å². The molecule has 154 valence electrons. The summed E-state index contributed by atoms with van der Waals surface area (Å²) in [4.78, 5) is 35.6. The molecule has 7 nitrogen and oxygen atoms in total. The van der Waals surface area contributed by atoms with Crippen LogP contribution < -0.4 is 21.3 Å². The molecule has 0 aliphatic carbocycles. The normalized spacial score (nSPS) is 10.8. The van der Waals surface area contributed by atoms with Gasteiger partial charge in [0.05, 0.1) is 6.54 Å². The van der Waals surface area contributed by atoms with Gasteiger partial charge in [-0.05, 0) is 69.3 Å². The highest BCUT2D eigenvalue weighted by Gasteiger charge is 2.15. The summed E-state index contributed by atoms with van der Waals surface area (Å²) >= 11 is 0. The number of amides is 3. The van der Waals surface area contributed by atoms with Gasteiger partial charge >= 0.3 is 0 Å². The molecule has 0 radical (unpaired) electrons. The van der Waals surface area contributed by atoms with Crippen molar-refractivity contribution in [3.05, 3.63) is 54.1 Å². The molecule has 0 heterocycles. The molecule has 0 unspecified atom stereocenters. The molecule has 0 bridgehead atoms. The monoisotopic (exact) mass is 396 g/mol. The summed E-state index contributed by atoms with van der Waals surface area (Å²) in [5.74, 6) is -0.404. The fourth-order valence-corrected chi connectivity index (χ4v) is 2.43. The Kier molecular flexibility index (Phi) is 7.36. The highest BCUT2D eigenvalue weighted by atomic mass is 16.2. The standard InChI is InChI=1S/C22H28N4O3/c1-5-19(27)24-17-10-12-18(13-11-17)25-20(28)14-23-16-8-6-15(7-9-16)21(29)26-22(2,3)4/h6-13,23H,5,14H2,1-4H3,(H,24,27)(H,25,28)(H,26,29). The maximum atomic E-state index is 12.1. The molecule has 0 aromatic heterocycles. The molecule has 29 heavy (non-hydrogen) atoms. The van der Waals surface area contributed by atoms with E-state index in [9.17, 15) is 14.4 Å². The first-order valence-corrected chi connectivity index (χ1v) is 9.52. The van der Waals surface area contributed by atoms with Gasteiger partial charge in [0, 0.05) is 34.6 Å². The number of benzene rings is 2. The molecule has 0 saturated heterocycles. The molecule has 0 atom stereocenters. The number of hydrogen-bond donors (Lipinski definition) is 4. The van der Waals surface area contributed by atoms with Crippen LogP contribution in [0.25, 0.3) is 0 Å². The Bertz CT molecular complexity index is 853. The van der Waals surface area contributed by atoms with E-state index in [1.165, 1.54) is 0 Å². The Balaban J connectivity index is 1.83. The zero-order valence-electron chi connectivity index (χ0n) is 17.3. The molecule has 4 N–H and O–H groups in total. The molecular weight excluding hydrogens is 368 g/mol. The third-order valence-corrected chi connectivity index (χ3v) is 3.86. The van der Waals surface area contributed by atoms with Crippen molar-refractivity contribution in [1.29, 1.82) is 0 Å². The lowest BCUT2D eigenvalue weighted by Crippen LogP contribution is -2.40. The van der Waals surface area contributed by atoms with E-state index in [4.69, 9.17) is 0 Å². The SMILES string of the molecule is CCC(=O)Nc1ccc(NC(=O)CNc2ccc(C(=O)NC(C)(C)C)cc2)cc1. The van der Waals surface area contributed by atoms with E-state index >= 15 is 0 Å². The van der Waals surface area contributed by atoms with E-state index in [0.717, 1.165) is 5.69 Å². The molecular formula is C22H28N4O3. The second kappa shape index (κ2) is 9.73. The minimum atomic E-state index is -0.300. The van der Waals surface area contributed by atoms with Gasteiger partial charge in [-0.25, -0.2) is 0 Å². The van der Waals surface area contributed by atoms with Crippen molar-refractivity contribution in [1.82, 2.24) is 5.32 Å². The number of nitrogens with one attached hydrogen (secondary N) is 4. The van der Waals surface area contributed by atoms with Gasteiger partial charge < -0.3 is 21.3 Å². The molecule has 2 rings (SSSR count). The first-order chi connectivity index (χ1) is 13.7. The lowest BCUT2D eigenvalue weighted by atomic mass is 10.1. The lowest BCUT2D eigenvalue weighted by molar-refractivity contribution is -0.116. The van der Waals surface area contributed by atoms with Crippen molar-refractivity contribution in [2.45, 2.75) is 39.7 Å². The summed E-state index contributed by atoms with van der Waals surface area (Å²) < 4.78 is 0. The number of carbonyl (C=O) groups excluding carboxylic acids is 3. The van der Waals surface area contributed by atoms with E-state index in [1.807, 2.05) is 20.8 Å². The van der Waals surface area contributed by atoms with Gasteiger partial charge in [-0.2, -0.15) is 0 Å². The Morgan fingerprint density at radius 1 is 0.759 bits per heavy atom. The van der Waals surface area contributed by atoms with Crippen LogP contribution in [0.4, 0.5) is 17.1 Å². The predicted molar refractivity (Wildman–Crippen MR) is 116 cm³/mol. The smallest absolute Gasteiger partial charge is 0.251 e. The minimum Gasteiger partial charge on any atom is -0.376 e. The van der Waals surface area contributed by atoms with Gasteiger partial charge in [0.2, 0.25) is 11.8 Å². The van der Waals surface area contributed by atoms with Gasteiger partial charge in [-0.1, -0.05) is 6.92 Å². The van der Waals surface area contributed by atoms with E-state index in [2.05, 4.69) is 21.3 Å². The number of rotatable bonds is 7. The molecule has 0 saturated carbocycles. The van der Waals surface area contributed by atoms with Crippen LogP contribution in [0.5, 0.6) is 0 Å². The van der Waals surface area contributed by atoms with Gasteiger partial charge in [0.15, 0.2) is 0 Å². The van der Waals surface area contributed by atoms with E-state index in [1.54, 1.807) is 55.5 Å². The van der Waals surface area contributed by atoms with Crippen LogP contribution in [-0.2, 0) is 9.59 Å². The fourth-order valence-electron chi connectivity index (χ4n) is 2.43. The van der Waals surface area contributed by atoms with E-state index in [0.29, 0.717) is 23.4 Å². The van der Waals surface area contributed by atoms with Crippen LogP contribution in [0.15, 0.2) is 48.5 Å². The Labute approximate surface area is 171 Å². The first kappa shape index (κ1) is 21.9. The third kappa shape index (κ3) is 7.65. The quantitative estimate of drug-likeness (QED) is 0.574. The van der Waals surface area contributed by atoms with Crippen molar-refractivity contribution in [3.63, 3.8) is 0 Å². The molecule has 0 fully saturated rings. The van der Waals surface area contributed by atoms with Crippen LogP contribution in [0, 0.1) is 0 Å². The zero-order chi connectivity index (χ0) is 21.4. The van der Waals surface area contributed by atoms with Gasteiger partial charge in [-0.3, -0.25) is 14.4 Å². The first-order valence-electron chi connectivity index (χ1n) is 9.52. The summed E-state index contributed by atoms with van der Waals surface area (Å²) in [7, 11) is 0. The minimum absolute atomic E-state index is 0.0621. The van der Waals surface area contributed by atoms with Crippen molar-refractivity contribution < 1.29 is 14.4 Å². The number of hydrogen-bond acceptors (Lipinski definition) is 4. The highest BCUT2D eigenvalue weighted by molar-refractivity contribution is 5.96. The summed E-state index contributed by atoms with van der Waals surface area (Å²) in [6.07, 6.45) is 0.409. The predicted octanol–water partition coefficient (Wildman–Crippen LogP) is 3.61. The van der Waals surface area contributed by atoms with Crippen molar-refractivity contribution in [2.24, 2.45) is 0 Å². The second-order valence-electron chi connectivity index (χ2n) is 7.66. The largest absolute Gasteiger partial charge is 0.376 e. The number of anilines is 3. The third-order valence-electron chi connectivity index (χ3n) is 3.86. The molecule has 0 aliphatic rings. The molecule has 7 heteroatoms. The molecule has 2 aromatic carbocycles. The Morgan fingerprint density at radius 3 is 1.72 bits per heavy atom. The Morgan fingerprint density at radius 2 is 1.24 bits per heavy atom. The fraction of sp³-hybridized carbons (Fsp3) is 0.318. The molecule has 0 spiro atoms. The summed E-state index contributed by atoms with van der Waals surface area (Å²) in [5, 5.41) is 11.5. The van der Waals surface area contributed by atoms with Crippen LogP contribution in [0.3, 0.4) is 0 Å². The van der Waals surface area contributed by atoms with Crippen LogP contribution in [-0.4, -0.2) is 29.8 Å². The maximum absolute atomic E-state index is 12.1. The van der Waals surface area contributed by atoms with Gasteiger partial charge in [0.25, 0.3) is 5.91 Å². The lowest BCUT2D eigenvalue weighted by Gasteiger charge is -2.20. The average Bonchev–Trinajstić information content (AvgIpc) is 2.67. The topological polar surface area (TPSA) is 99.3 Å². The molecule has 3 amide bonds. The van der Waals surface area contributed by atoms with Crippen LogP contribution in [0.2, 0.25) is 0 Å². The summed E-state index contributed by atoms with van der Waals surface area (Å²) in [6.45, 7) is 7.64. The van der Waals surface area contributed by atoms with E-state index in [-0.39, 0.29) is 29.8 Å². The Hall–Kier alpha value is -3.35. The van der Waals surface area contributed by atoms with Crippen LogP contribution >= 0.6 is 0 Å². The van der Waals surface area contributed by atoms with Gasteiger partial charge in [0.1, 0.15) is 0 Å². The second-order valence-corrected chi connectivity index (χ2v) is 7.66. The van der Waals surface area contributed by atoms with Crippen molar-refractivity contribution in [2.75, 3.05) is 22.5 Å². The maximum Gasteiger partial charge on any atom is 0.251 e. The number of carbonyl (C=O) groups is 3. The molecule has 0 aliphatic heterocycles. The molecule has 2 aromatic rings. The zero-order valence-corrected chi connectivity index (χ0v) is 17.3. The average molecular weight is 396 g/mol. The summed E-state index contributed by atoms with van der Waals surface area (Å²) in [5.41, 5.74) is 2.32. The highest BCUT2D eigenvalue weighted by Crippen LogP contribution is 2.14. The summed E-state index contributed by atoms with van der Waals surface area (Å²) in [6, 6.07) is 13.9. The van der Waals surface area contributed by atoms with Crippen molar-refractivity contribution >= 4 is 34.8 Å².